The molecule has 0 spiro atoms. The summed E-state index contributed by atoms with van der Waals surface area (Å²) in [4.78, 5) is 0. The van der Waals surface area contributed by atoms with Crippen molar-refractivity contribution in [1.82, 2.24) is 0 Å². The molecule has 21 aromatic carbocycles. The highest BCUT2D eigenvalue weighted by atomic mass is 14.5. The lowest BCUT2D eigenvalue weighted by Crippen LogP contribution is -1.94. The van der Waals surface area contributed by atoms with Gasteiger partial charge in [-0.05, 0) is 533 Å². The summed E-state index contributed by atoms with van der Waals surface area (Å²) in [6, 6.07) is 131. The second-order valence-electron chi connectivity index (χ2n) is 45.1. The van der Waals surface area contributed by atoms with E-state index in [-0.39, 0.29) is 0 Å². The Balaban J connectivity index is 0.0000000804. The standard InChI is InChI=1S/C35H24.4C28H20/c1-19-12-26-15-25-18-30-24(17-31(25)34(26)35-28-9-5-3-7-21(28)16-29(19)35)14-23-11-10-22-13-20-6-2-4-8-27(20)32(22)33(23)30;1-16-12-21-14-20-11-10-19-13-17-6-2-5-9-23(17)26(19)28(20)27(21)24-15-18-7-3-4-8-22(18)25(16)24;1-16-12-20-13-19-10-11-23-21-8-4-2-6-17(21)15-25(23)26(19)27(20)28-22-9-5-3-7-18(22)14-24(16)28;1-16-12-20-13-19-10-11-23-21-8-4-2-6-17(21)14-24(23)27(19)28(20)25-15-18-7-3-5-9-22(18)26(16)25;1-16-12-21-14-20-11-10-19-13-17-6-2-4-8-22(17)25(19)26(20)27(21)28-23-9-5-3-7-18(23)15-24(16)28/h2-12,17-18H,13-16H2,1H3;4*2-12H,13-15H2,1H3. The predicted molar refractivity (Wildman–Crippen MR) is 608 cm³/mol. The maximum atomic E-state index is 2.56. The summed E-state index contributed by atoms with van der Waals surface area (Å²) < 4.78 is 0. The van der Waals surface area contributed by atoms with E-state index < -0.39 is 0 Å². The molecule has 0 nitrogen and oxygen atoms in total. The van der Waals surface area contributed by atoms with E-state index >= 15 is 0 Å². The SMILES string of the molecule is Cc1cc2c(c3c1-c1ccccc1C3)-c1c(ccc3c1-c1ccccc1C3)C2.Cc1cc2c(c3c1-c1ccccc1C3)-c1c(ccc3c1Cc1ccccc1-3)C2.Cc1cc2c(c3c1Cc1ccccc1-3)-c1c(ccc3c1-c1ccccc1C3)C2.Cc1cc2c(c3c1Cc1ccccc1-3)-c1c(ccc3c1Cc1ccccc1-3)C2.Cc1cc2c(c3c1Cc1ccccc1-3)-c1cc3c(cc1C2)-c1c(ccc2c1-c1ccccc1C2)C3. The van der Waals surface area contributed by atoms with E-state index in [1.807, 2.05) is 0 Å². The minimum absolute atomic E-state index is 1.05. The molecule has 0 N–H and O–H groups in total. The Morgan fingerprint density at radius 3 is 0.646 bits per heavy atom. The van der Waals surface area contributed by atoms with Crippen LogP contribution < -0.4 is 0 Å². The van der Waals surface area contributed by atoms with Crippen LogP contribution in [0.5, 0.6) is 0 Å². The fourth-order valence-corrected chi connectivity index (χ4v) is 31.4. The van der Waals surface area contributed by atoms with Gasteiger partial charge in [-0.3, -0.25) is 0 Å². The van der Waals surface area contributed by atoms with Crippen molar-refractivity contribution in [3.05, 3.63) is 552 Å². The van der Waals surface area contributed by atoms with Gasteiger partial charge >= 0.3 is 0 Å². The molecule has 37 rings (SSSR count). The minimum atomic E-state index is 1.05. The second kappa shape index (κ2) is 30.9. The predicted octanol–water partition coefficient (Wildman–Crippen LogP) is 35.1. The molecule has 0 bridgehead atoms. The Bertz CT molecular complexity index is 9710. The van der Waals surface area contributed by atoms with Crippen molar-refractivity contribution in [3.8, 4) is 178 Å². The number of fused-ring (bicyclic) bond motifs is 58. The molecular formula is C147H104. The van der Waals surface area contributed by atoms with E-state index in [9.17, 15) is 0 Å². The first kappa shape index (κ1) is 83.0. The number of hydrogen-bond acceptors (Lipinski definition) is 0. The fourth-order valence-electron chi connectivity index (χ4n) is 31.4. The van der Waals surface area contributed by atoms with Gasteiger partial charge in [0.15, 0.2) is 0 Å². The van der Waals surface area contributed by atoms with E-state index in [1.165, 1.54) is 339 Å². The molecule has 0 amide bonds. The lowest BCUT2D eigenvalue weighted by atomic mass is 9.87. The van der Waals surface area contributed by atoms with Crippen molar-refractivity contribution < 1.29 is 0 Å². The van der Waals surface area contributed by atoms with Crippen molar-refractivity contribution in [2.24, 2.45) is 0 Å². The highest BCUT2D eigenvalue weighted by molar-refractivity contribution is 6.08. The largest absolute Gasteiger partial charge is 0.0619 e. The lowest BCUT2D eigenvalue weighted by molar-refractivity contribution is 1.19. The molecule has 16 aliphatic rings. The van der Waals surface area contributed by atoms with Crippen LogP contribution in [-0.4, -0.2) is 0 Å². The second-order valence-corrected chi connectivity index (χ2v) is 45.1. The summed E-state index contributed by atoms with van der Waals surface area (Å²) in [5.74, 6) is 0. The fraction of sp³-hybridized carbons (Fsp3) is 0.143. The molecule has 16 aliphatic carbocycles. The van der Waals surface area contributed by atoms with Crippen molar-refractivity contribution in [3.63, 3.8) is 0 Å². The highest BCUT2D eigenvalue weighted by Crippen LogP contribution is 2.63. The zero-order valence-corrected chi connectivity index (χ0v) is 83.7. The normalized spacial score (nSPS) is 14.3. The van der Waals surface area contributed by atoms with Crippen molar-refractivity contribution >= 4 is 0 Å². The van der Waals surface area contributed by atoms with Crippen LogP contribution in [0.1, 0.15) is 206 Å². The van der Waals surface area contributed by atoms with Gasteiger partial charge in [0, 0.05) is 0 Å². The zero-order chi connectivity index (χ0) is 96.5. The Hall–Kier alpha value is -16.4. The number of hydrogen-bond donors (Lipinski definition) is 0. The van der Waals surface area contributed by atoms with Crippen LogP contribution in [0.2, 0.25) is 0 Å². The maximum absolute atomic E-state index is 2.56. The van der Waals surface area contributed by atoms with Gasteiger partial charge in [0.1, 0.15) is 0 Å². The molecule has 0 heteroatoms. The van der Waals surface area contributed by atoms with E-state index in [4.69, 9.17) is 0 Å². The molecule has 0 atom stereocenters. The van der Waals surface area contributed by atoms with Gasteiger partial charge in [-0.15, -0.1) is 0 Å². The summed E-state index contributed by atoms with van der Waals surface area (Å²) >= 11 is 0. The molecular weight excluding hydrogens is 1770 g/mol. The smallest absolute Gasteiger partial charge is 0.000707 e. The van der Waals surface area contributed by atoms with Gasteiger partial charge in [0.25, 0.3) is 0 Å². The first-order valence-corrected chi connectivity index (χ1v) is 53.9. The van der Waals surface area contributed by atoms with Crippen LogP contribution in [0.4, 0.5) is 0 Å². The Kier molecular flexibility index (Phi) is 17.4. The van der Waals surface area contributed by atoms with Gasteiger partial charge in [0.05, 0.1) is 0 Å². The first-order chi connectivity index (χ1) is 72.4. The van der Waals surface area contributed by atoms with Gasteiger partial charge in [-0.2, -0.15) is 0 Å². The van der Waals surface area contributed by atoms with Gasteiger partial charge in [0.2, 0.25) is 0 Å². The third kappa shape index (κ3) is 11.8. The Labute approximate surface area is 860 Å². The van der Waals surface area contributed by atoms with E-state index in [0.717, 1.165) is 103 Å². The monoisotopic (exact) mass is 1870 g/mol. The highest BCUT2D eigenvalue weighted by Gasteiger charge is 2.43. The van der Waals surface area contributed by atoms with Gasteiger partial charge in [-0.1, -0.05) is 334 Å². The third-order valence-electron chi connectivity index (χ3n) is 37.3. The van der Waals surface area contributed by atoms with Crippen LogP contribution in [0.15, 0.2) is 346 Å². The zero-order valence-electron chi connectivity index (χ0n) is 83.7. The van der Waals surface area contributed by atoms with E-state index in [2.05, 4.69) is 380 Å². The van der Waals surface area contributed by atoms with Crippen LogP contribution in [0.3, 0.4) is 0 Å². The third-order valence-corrected chi connectivity index (χ3v) is 37.3. The molecule has 0 saturated carbocycles. The Morgan fingerprint density at radius 1 is 0.0952 bits per heavy atom. The molecule has 0 fully saturated rings. The summed E-state index contributed by atoms with van der Waals surface area (Å²) in [5, 5.41) is 0. The molecule has 0 radical (unpaired) electrons. The summed E-state index contributed by atoms with van der Waals surface area (Å²) in [7, 11) is 0. The quantitative estimate of drug-likeness (QED) is 0.142. The van der Waals surface area contributed by atoms with Gasteiger partial charge < -0.3 is 0 Å². The summed E-state index contributed by atoms with van der Waals surface area (Å²) in [6.07, 6.45) is 17.1. The summed E-state index contributed by atoms with van der Waals surface area (Å²) in [5.41, 5.74) is 103. The molecule has 147 heavy (non-hydrogen) atoms. The van der Waals surface area contributed by atoms with Crippen LogP contribution in [0.25, 0.3) is 178 Å². The lowest BCUT2D eigenvalue weighted by Gasteiger charge is -2.16. The van der Waals surface area contributed by atoms with Crippen molar-refractivity contribution in [1.29, 1.82) is 0 Å². The van der Waals surface area contributed by atoms with Crippen LogP contribution >= 0.6 is 0 Å². The maximum Gasteiger partial charge on any atom is -0.000707 e. The topological polar surface area (TPSA) is 0 Å². The molecule has 21 aromatic rings. The van der Waals surface area contributed by atoms with E-state index in [0.29, 0.717) is 0 Å². The molecule has 0 heterocycles. The van der Waals surface area contributed by atoms with Crippen LogP contribution in [0, 0.1) is 34.6 Å². The average Bonchev–Trinajstić information content (AvgIpc) is 1.56. The van der Waals surface area contributed by atoms with Gasteiger partial charge in [-0.25, -0.2) is 0 Å². The number of rotatable bonds is 0. The number of aryl methyl sites for hydroxylation is 5. The first-order valence-electron chi connectivity index (χ1n) is 53.9. The van der Waals surface area contributed by atoms with Crippen LogP contribution in [-0.2, 0) is 103 Å². The van der Waals surface area contributed by atoms with E-state index in [1.54, 1.807) is 44.5 Å². The molecule has 692 valence electrons. The minimum Gasteiger partial charge on any atom is -0.0619 e. The van der Waals surface area contributed by atoms with Crippen molar-refractivity contribution in [2.45, 2.75) is 137 Å². The molecule has 0 aromatic heterocycles. The number of benzene rings is 21. The average molecular weight is 1870 g/mol. The molecule has 0 aliphatic heterocycles. The molecule has 0 saturated heterocycles. The molecule has 0 unspecified atom stereocenters. The summed E-state index contributed by atoms with van der Waals surface area (Å²) in [6.45, 7) is 11.5. The Morgan fingerprint density at radius 2 is 0.279 bits per heavy atom. The van der Waals surface area contributed by atoms with Crippen molar-refractivity contribution in [2.75, 3.05) is 0 Å².